The number of hydrogen-bond acceptors (Lipinski definition) is 3. The van der Waals surface area contributed by atoms with Crippen LogP contribution in [-0.2, 0) is 4.74 Å². The Morgan fingerprint density at radius 1 is 1.21 bits per heavy atom. The highest BCUT2D eigenvalue weighted by Crippen LogP contribution is 2.52. The SMILES string of the molecule is CSC1(CNC2C3CCOC3C2(C)C)CCCCC1. The Morgan fingerprint density at radius 3 is 2.63 bits per heavy atom. The van der Waals surface area contributed by atoms with Gasteiger partial charge in [0.15, 0.2) is 0 Å². The van der Waals surface area contributed by atoms with E-state index in [1.54, 1.807) is 0 Å². The van der Waals surface area contributed by atoms with Crippen molar-refractivity contribution >= 4 is 11.8 Å². The average molecular weight is 283 g/mol. The monoisotopic (exact) mass is 283 g/mol. The number of thioether (sulfide) groups is 1. The lowest BCUT2D eigenvalue weighted by atomic mass is 9.57. The lowest BCUT2D eigenvalue weighted by Gasteiger charge is -2.56. The summed E-state index contributed by atoms with van der Waals surface area (Å²) < 4.78 is 6.41. The second-order valence-corrected chi connectivity index (χ2v) is 8.65. The van der Waals surface area contributed by atoms with E-state index in [1.165, 1.54) is 45.1 Å². The molecule has 19 heavy (non-hydrogen) atoms. The molecule has 3 heteroatoms. The van der Waals surface area contributed by atoms with Crippen LogP contribution in [0.1, 0.15) is 52.4 Å². The summed E-state index contributed by atoms with van der Waals surface area (Å²) in [6.45, 7) is 6.93. The third-order valence-corrected chi connectivity index (χ3v) is 7.36. The van der Waals surface area contributed by atoms with Crippen LogP contribution in [0.15, 0.2) is 0 Å². The van der Waals surface area contributed by atoms with Crippen molar-refractivity contribution in [3.63, 3.8) is 0 Å². The van der Waals surface area contributed by atoms with Crippen LogP contribution in [0.4, 0.5) is 0 Å². The molecule has 3 fully saturated rings. The first-order chi connectivity index (χ1) is 9.09. The Hall–Kier alpha value is 0.270. The minimum absolute atomic E-state index is 0.329. The molecule has 0 aromatic carbocycles. The summed E-state index contributed by atoms with van der Waals surface area (Å²) in [5.41, 5.74) is 0.329. The van der Waals surface area contributed by atoms with E-state index >= 15 is 0 Å². The predicted octanol–water partition coefficient (Wildman–Crippen LogP) is 3.46. The molecule has 3 unspecified atom stereocenters. The van der Waals surface area contributed by atoms with Crippen LogP contribution in [0.5, 0.6) is 0 Å². The van der Waals surface area contributed by atoms with Crippen molar-refractivity contribution in [2.45, 2.75) is 69.3 Å². The molecule has 0 bridgehead atoms. The van der Waals surface area contributed by atoms with E-state index in [-0.39, 0.29) is 0 Å². The van der Waals surface area contributed by atoms with Crippen LogP contribution >= 0.6 is 11.8 Å². The van der Waals surface area contributed by atoms with Gasteiger partial charge in [-0.2, -0.15) is 11.8 Å². The van der Waals surface area contributed by atoms with Gasteiger partial charge in [-0.1, -0.05) is 33.1 Å². The largest absolute Gasteiger partial charge is 0.377 e. The first-order valence-electron chi connectivity index (χ1n) is 7.99. The fraction of sp³-hybridized carbons (Fsp3) is 1.00. The van der Waals surface area contributed by atoms with Crippen LogP contribution in [0.25, 0.3) is 0 Å². The molecule has 1 aliphatic heterocycles. The standard InChI is InChI=1S/C16H29NOS/c1-15(2)13(12-7-10-18-14(12)15)17-11-16(19-3)8-5-4-6-9-16/h12-14,17H,4-11H2,1-3H3. The molecule has 1 N–H and O–H groups in total. The van der Waals surface area contributed by atoms with Crippen molar-refractivity contribution in [2.24, 2.45) is 11.3 Å². The van der Waals surface area contributed by atoms with Gasteiger partial charge in [0.2, 0.25) is 0 Å². The highest BCUT2D eigenvalue weighted by Gasteiger charge is 2.59. The molecule has 2 saturated carbocycles. The smallest absolute Gasteiger partial charge is 0.0685 e. The zero-order valence-corrected chi connectivity index (χ0v) is 13.5. The second kappa shape index (κ2) is 5.23. The van der Waals surface area contributed by atoms with Gasteiger partial charge in [0, 0.05) is 35.3 Å². The van der Waals surface area contributed by atoms with Gasteiger partial charge in [0.1, 0.15) is 0 Å². The van der Waals surface area contributed by atoms with Crippen LogP contribution in [0.2, 0.25) is 0 Å². The summed E-state index contributed by atoms with van der Waals surface area (Å²) in [5, 5.41) is 3.94. The molecule has 110 valence electrons. The van der Waals surface area contributed by atoms with Crippen molar-refractivity contribution in [1.82, 2.24) is 5.32 Å². The molecule has 2 nitrogen and oxygen atoms in total. The van der Waals surface area contributed by atoms with Crippen molar-refractivity contribution < 1.29 is 4.74 Å². The molecule has 3 atom stereocenters. The summed E-state index contributed by atoms with van der Waals surface area (Å²) in [5.74, 6) is 0.775. The maximum absolute atomic E-state index is 5.90. The first kappa shape index (κ1) is 14.2. The third-order valence-electron chi connectivity index (χ3n) is 5.94. The molecule has 0 aromatic rings. The van der Waals surface area contributed by atoms with Gasteiger partial charge in [0.25, 0.3) is 0 Å². The summed E-state index contributed by atoms with van der Waals surface area (Å²) in [7, 11) is 0. The van der Waals surface area contributed by atoms with Gasteiger partial charge in [-0.3, -0.25) is 0 Å². The number of rotatable bonds is 4. The normalized spacial score (nSPS) is 39.6. The molecular formula is C16H29NOS. The Labute approximate surface area is 122 Å². The summed E-state index contributed by atoms with van der Waals surface area (Å²) in [4.78, 5) is 0. The molecular weight excluding hydrogens is 254 g/mol. The van der Waals surface area contributed by atoms with E-state index < -0.39 is 0 Å². The fourth-order valence-electron chi connectivity index (χ4n) is 4.68. The number of hydrogen-bond donors (Lipinski definition) is 1. The highest BCUT2D eigenvalue weighted by atomic mass is 32.2. The van der Waals surface area contributed by atoms with Crippen molar-refractivity contribution in [3.05, 3.63) is 0 Å². The van der Waals surface area contributed by atoms with E-state index in [0.29, 0.717) is 22.3 Å². The molecule has 3 rings (SSSR count). The quantitative estimate of drug-likeness (QED) is 0.854. The summed E-state index contributed by atoms with van der Waals surface area (Å²) in [6, 6.07) is 0.672. The summed E-state index contributed by atoms with van der Waals surface area (Å²) in [6.07, 6.45) is 11.2. The van der Waals surface area contributed by atoms with Crippen LogP contribution in [0.3, 0.4) is 0 Å². The lowest BCUT2D eigenvalue weighted by Crippen LogP contribution is -2.67. The molecule has 1 heterocycles. The van der Waals surface area contributed by atoms with Crippen LogP contribution < -0.4 is 5.32 Å². The van der Waals surface area contributed by atoms with Crippen molar-refractivity contribution in [2.75, 3.05) is 19.4 Å². The number of nitrogens with one attached hydrogen (secondary N) is 1. The van der Waals surface area contributed by atoms with E-state index in [0.717, 1.165) is 12.5 Å². The number of ether oxygens (including phenoxy) is 1. The third kappa shape index (κ3) is 2.36. The molecule has 2 aliphatic carbocycles. The molecule has 0 aromatic heterocycles. The Morgan fingerprint density at radius 2 is 1.95 bits per heavy atom. The summed E-state index contributed by atoms with van der Waals surface area (Å²) >= 11 is 2.10. The molecule has 0 spiro atoms. The Bertz CT molecular complexity index is 325. The lowest BCUT2D eigenvalue weighted by molar-refractivity contribution is -0.113. The topological polar surface area (TPSA) is 21.3 Å². The second-order valence-electron chi connectivity index (χ2n) is 7.37. The zero-order valence-electron chi connectivity index (χ0n) is 12.7. The predicted molar refractivity (Wildman–Crippen MR) is 82.7 cm³/mol. The first-order valence-corrected chi connectivity index (χ1v) is 9.22. The van der Waals surface area contributed by atoms with Gasteiger partial charge < -0.3 is 10.1 Å². The Kier molecular flexibility index (Phi) is 3.92. The van der Waals surface area contributed by atoms with E-state index in [9.17, 15) is 0 Å². The Balaban J connectivity index is 1.59. The fourth-order valence-corrected chi connectivity index (χ4v) is 5.61. The minimum Gasteiger partial charge on any atom is -0.377 e. The average Bonchev–Trinajstić information content (AvgIpc) is 2.86. The maximum atomic E-state index is 5.90. The van der Waals surface area contributed by atoms with Gasteiger partial charge in [-0.15, -0.1) is 0 Å². The van der Waals surface area contributed by atoms with E-state index in [1.807, 2.05) is 0 Å². The van der Waals surface area contributed by atoms with E-state index in [2.05, 4.69) is 37.2 Å². The van der Waals surface area contributed by atoms with Crippen LogP contribution in [-0.4, -0.2) is 36.3 Å². The van der Waals surface area contributed by atoms with E-state index in [4.69, 9.17) is 4.74 Å². The van der Waals surface area contributed by atoms with Gasteiger partial charge in [0.05, 0.1) is 6.10 Å². The molecule has 1 saturated heterocycles. The maximum Gasteiger partial charge on any atom is 0.0685 e. The van der Waals surface area contributed by atoms with Gasteiger partial charge >= 0.3 is 0 Å². The van der Waals surface area contributed by atoms with Gasteiger partial charge in [-0.25, -0.2) is 0 Å². The molecule has 0 amide bonds. The zero-order chi connectivity index (χ0) is 13.5. The molecule has 0 radical (unpaired) electrons. The number of fused-ring (bicyclic) bond motifs is 1. The molecule has 3 aliphatic rings. The van der Waals surface area contributed by atoms with Crippen molar-refractivity contribution in [1.29, 1.82) is 0 Å². The van der Waals surface area contributed by atoms with Gasteiger partial charge in [-0.05, 0) is 25.5 Å². The highest BCUT2D eigenvalue weighted by molar-refractivity contribution is 8.00. The van der Waals surface area contributed by atoms with Crippen molar-refractivity contribution in [3.8, 4) is 0 Å². The minimum atomic E-state index is 0.329. The van der Waals surface area contributed by atoms with Crippen LogP contribution in [0, 0.1) is 11.3 Å².